The summed E-state index contributed by atoms with van der Waals surface area (Å²) in [6, 6.07) is 10.8. The van der Waals surface area contributed by atoms with E-state index in [1.54, 1.807) is 0 Å². The summed E-state index contributed by atoms with van der Waals surface area (Å²) in [6.45, 7) is 4.02. The third-order valence-electron chi connectivity index (χ3n) is 4.69. The van der Waals surface area contributed by atoms with Crippen molar-refractivity contribution in [2.75, 3.05) is 0 Å². The first-order valence-electron chi connectivity index (χ1n) is 8.38. The Bertz CT molecular complexity index is 405. The molecular weight excluding hydrogens is 260 g/mol. The van der Waals surface area contributed by atoms with Crippen LogP contribution in [-0.2, 0) is 9.47 Å². The van der Waals surface area contributed by atoms with E-state index in [9.17, 15) is 0 Å². The molecule has 0 spiro atoms. The fourth-order valence-electron chi connectivity index (χ4n) is 3.57. The Kier molecular flexibility index (Phi) is 5.32. The first-order chi connectivity index (χ1) is 10.3. The van der Waals surface area contributed by atoms with Crippen LogP contribution in [0.3, 0.4) is 0 Å². The summed E-state index contributed by atoms with van der Waals surface area (Å²) in [6.07, 6.45) is 10.6. The van der Waals surface area contributed by atoms with Crippen molar-refractivity contribution in [3.8, 4) is 0 Å². The Labute approximate surface area is 128 Å². The predicted molar refractivity (Wildman–Crippen MR) is 84.5 cm³/mol. The zero-order chi connectivity index (χ0) is 14.5. The predicted octanol–water partition coefficient (Wildman–Crippen LogP) is 5.01. The van der Waals surface area contributed by atoms with Crippen LogP contribution < -0.4 is 0 Å². The smallest absolute Gasteiger partial charge is 0.224 e. The number of ether oxygens (including phenoxy) is 2. The van der Waals surface area contributed by atoms with Crippen molar-refractivity contribution in [1.82, 2.24) is 0 Å². The Morgan fingerprint density at radius 1 is 1.05 bits per heavy atom. The van der Waals surface area contributed by atoms with Gasteiger partial charge in [-0.05, 0) is 43.6 Å². The molecule has 1 saturated carbocycles. The summed E-state index contributed by atoms with van der Waals surface area (Å²) in [5.74, 6) is 0.560. The molecule has 1 aromatic carbocycles. The third-order valence-corrected chi connectivity index (χ3v) is 4.69. The fraction of sp³-hybridized carbons (Fsp3) is 0.579. The third kappa shape index (κ3) is 4.08. The lowest BCUT2D eigenvalue weighted by Crippen LogP contribution is -2.37. The van der Waals surface area contributed by atoms with Crippen molar-refractivity contribution in [3.63, 3.8) is 0 Å². The van der Waals surface area contributed by atoms with E-state index in [4.69, 9.17) is 9.47 Å². The number of hydrogen-bond donors (Lipinski definition) is 0. The number of fused-ring (bicyclic) bond motifs is 2. The molecule has 1 saturated heterocycles. The molecule has 114 valence electrons. The van der Waals surface area contributed by atoms with Crippen molar-refractivity contribution in [1.29, 1.82) is 0 Å². The van der Waals surface area contributed by atoms with Gasteiger partial charge in [-0.2, -0.15) is 0 Å². The summed E-state index contributed by atoms with van der Waals surface area (Å²) >= 11 is 0. The Balaban J connectivity index is 1.54. The van der Waals surface area contributed by atoms with Crippen molar-refractivity contribution in [2.45, 2.75) is 69.5 Å². The number of hydrogen-bond acceptors (Lipinski definition) is 2. The molecule has 3 atom stereocenters. The molecule has 1 aliphatic heterocycles. The van der Waals surface area contributed by atoms with E-state index in [0.29, 0.717) is 18.1 Å². The highest BCUT2D eigenvalue weighted by molar-refractivity contribution is 5.19. The molecule has 2 fully saturated rings. The molecule has 1 aromatic rings. The second-order valence-corrected chi connectivity index (χ2v) is 6.31. The van der Waals surface area contributed by atoms with Gasteiger partial charge in [0, 0.05) is 12.8 Å². The standard InChI is InChI=1S/C19H26O2/c1-2-7-15(16-8-4-3-5-9-16)12-13-19-20-17-10-6-11-18(14-17)21-19/h3-5,8-9,15,17-18H,1-2,6-7,10-14H2. The van der Waals surface area contributed by atoms with Gasteiger partial charge in [0.1, 0.15) is 0 Å². The van der Waals surface area contributed by atoms with Crippen LogP contribution in [-0.4, -0.2) is 12.2 Å². The van der Waals surface area contributed by atoms with Gasteiger partial charge < -0.3 is 9.47 Å². The van der Waals surface area contributed by atoms with Crippen LogP contribution in [0.5, 0.6) is 0 Å². The van der Waals surface area contributed by atoms with E-state index in [1.165, 1.54) is 24.8 Å². The van der Waals surface area contributed by atoms with Gasteiger partial charge >= 0.3 is 0 Å². The molecule has 3 rings (SSSR count). The zero-order valence-electron chi connectivity index (χ0n) is 12.8. The lowest BCUT2D eigenvalue weighted by Gasteiger charge is -2.38. The molecule has 0 amide bonds. The molecular formula is C19H26O2. The van der Waals surface area contributed by atoms with Gasteiger partial charge in [0.2, 0.25) is 6.29 Å². The van der Waals surface area contributed by atoms with Crippen molar-refractivity contribution in [2.24, 2.45) is 0 Å². The van der Waals surface area contributed by atoms with Crippen LogP contribution >= 0.6 is 0 Å². The van der Waals surface area contributed by atoms with Gasteiger partial charge in [-0.25, -0.2) is 0 Å². The fourth-order valence-corrected chi connectivity index (χ4v) is 3.57. The van der Waals surface area contributed by atoms with Gasteiger partial charge in [-0.3, -0.25) is 0 Å². The van der Waals surface area contributed by atoms with Crippen molar-refractivity contribution in [3.05, 3.63) is 49.1 Å². The minimum Gasteiger partial charge on any atom is -0.342 e. The topological polar surface area (TPSA) is 18.5 Å². The number of rotatable bonds is 6. The van der Waals surface area contributed by atoms with Crippen molar-refractivity contribution >= 4 is 0 Å². The molecule has 2 heteroatoms. The normalized spacial score (nSPS) is 27.5. The maximum Gasteiger partial charge on any atom is 0.224 e. The Morgan fingerprint density at radius 2 is 1.76 bits per heavy atom. The Hall–Kier alpha value is -0.860. The van der Waals surface area contributed by atoms with Crippen molar-refractivity contribution < 1.29 is 9.47 Å². The van der Waals surface area contributed by atoms with E-state index in [1.807, 2.05) is 0 Å². The van der Waals surface area contributed by atoms with E-state index in [2.05, 4.69) is 37.3 Å². The Morgan fingerprint density at radius 3 is 2.43 bits per heavy atom. The summed E-state index contributed by atoms with van der Waals surface area (Å²) in [5.41, 5.74) is 1.41. The molecule has 21 heavy (non-hydrogen) atoms. The zero-order valence-corrected chi connectivity index (χ0v) is 12.8. The van der Waals surface area contributed by atoms with Gasteiger partial charge in [0.25, 0.3) is 0 Å². The average molecular weight is 286 g/mol. The lowest BCUT2D eigenvalue weighted by atomic mass is 9.89. The second kappa shape index (κ2) is 7.42. The van der Waals surface area contributed by atoms with Crippen LogP contribution in [0, 0.1) is 13.2 Å². The van der Waals surface area contributed by atoms with Gasteiger partial charge in [-0.15, -0.1) is 0 Å². The van der Waals surface area contributed by atoms with Crippen LogP contribution in [0.15, 0.2) is 30.3 Å². The molecule has 0 aromatic heterocycles. The van der Waals surface area contributed by atoms with E-state index >= 15 is 0 Å². The SMILES string of the molecule is [CH2]CCC(CC[C]1OC2CCCC(C2)O1)c1ccccc1. The highest BCUT2D eigenvalue weighted by Crippen LogP contribution is 2.37. The highest BCUT2D eigenvalue weighted by Gasteiger charge is 2.34. The van der Waals surface area contributed by atoms with E-state index in [0.717, 1.165) is 38.4 Å². The highest BCUT2D eigenvalue weighted by atomic mass is 16.7. The van der Waals surface area contributed by atoms with Gasteiger partial charge in [0.15, 0.2) is 0 Å². The average Bonchev–Trinajstić information content (AvgIpc) is 2.52. The van der Waals surface area contributed by atoms with E-state index < -0.39 is 0 Å². The first kappa shape index (κ1) is 15.1. The largest absolute Gasteiger partial charge is 0.342 e. The monoisotopic (exact) mass is 286 g/mol. The summed E-state index contributed by atoms with van der Waals surface area (Å²) in [7, 11) is 0. The molecule has 1 aliphatic carbocycles. The van der Waals surface area contributed by atoms with Crippen LogP contribution in [0.4, 0.5) is 0 Å². The molecule has 2 nitrogen and oxygen atoms in total. The molecule has 1 heterocycles. The first-order valence-corrected chi connectivity index (χ1v) is 8.38. The quantitative estimate of drug-likeness (QED) is 0.731. The second-order valence-electron chi connectivity index (χ2n) is 6.31. The minimum absolute atomic E-state index is 0.413. The molecule has 2 radical (unpaired) electrons. The maximum atomic E-state index is 6.00. The molecule has 3 unspecified atom stereocenters. The lowest BCUT2D eigenvalue weighted by molar-refractivity contribution is -0.186. The summed E-state index contributed by atoms with van der Waals surface area (Å²) < 4.78 is 12.0. The summed E-state index contributed by atoms with van der Waals surface area (Å²) in [4.78, 5) is 0. The molecule has 2 bridgehead atoms. The molecule has 0 N–H and O–H groups in total. The van der Waals surface area contributed by atoms with Crippen LogP contribution in [0.25, 0.3) is 0 Å². The van der Waals surface area contributed by atoms with Gasteiger partial charge in [0.05, 0.1) is 12.2 Å². The summed E-state index contributed by atoms with van der Waals surface area (Å²) in [5, 5.41) is 0. The van der Waals surface area contributed by atoms with Gasteiger partial charge in [-0.1, -0.05) is 43.7 Å². The maximum absolute atomic E-state index is 6.00. The number of benzene rings is 1. The van der Waals surface area contributed by atoms with Crippen LogP contribution in [0.2, 0.25) is 0 Å². The minimum atomic E-state index is 0.413. The molecule has 2 aliphatic rings. The van der Waals surface area contributed by atoms with Crippen LogP contribution in [0.1, 0.15) is 62.8 Å². The van der Waals surface area contributed by atoms with E-state index in [-0.39, 0.29) is 0 Å².